The number of aliphatic hydroxyl groups excluding tert-OH is 1. The summed E-state index contributed by atoms with van der Waals surface area (Å²) in [7, 11) is 0. The van der Waals surface area contributed by atoms with Crippen LogP contribution < -0.4 is 5.73 Å². The fourth-order valence-corrected chi connectivity index (χ4v) is 2.17. The molecule has 0 aromatic heterocycles. The molecule has 0 amide bonds. The number of halogens is 1. The molecular weight excluding hydrogens is 198 g/mol. The lowest BCUT2D eigenvalue weighted by atomic mass is 9.99. The van der Waals surface area contributed by atoms with Crippen LogP contribution in [0.4, 0.5) is 0 Å². The van der Waals surface area contributed by atoms with E-state index in [1.54, 1.807) is 0 Å². The lowest BCUT2D eigenvalue weighted by molar-refractivity contribution is 0.136. The molecule has 0 fully saturated rings. The van der Waals surface area contributed by atoms with Crippen LogP contribution in [0, 0.1) is 0 Å². The number of hydrogen-bond donors (Lipinski definition) is 2. The summed E-state index contributed by atoms with van der Waals surface area (Å²) >= 11 is 5.91. The molecule has 0 saturated heterocycles. The van der Waals surface area contributed by atoms with Gasteiger partial charge in [0.15, 0.2) is 0 Å². The maximum Gasteiger partial charge on any atom is 0.0733 e. The molecule has 2 rings (SSSR count). The molecule has 1 aromatic carbocycles. The molecule has 3 heteroatoms. The monoisotopic (exact) mass is 211 g/mol. The molecule has 3 N–H and O–H groups in total. The minimum Gasteiger partial charge on any atom is -0.391 e. The summed E-state index contributed by atoms with van der Waals surface area (Å²) in [5, 5.41) is 10.4. The first-order valence-electron chi connectivity index (χ1n) is 4.90. The van der Waals surface area contributed by atoms with Crippen LogP contribution in [-0.4, -0.2) is 11.2 Å². The summed E-state index contributed by atoms with van der Waals surface area (Å²) in [6, 6.07) is 5.47. The highest BCUT2D eigenvalue weighted by atomic mass is 35.5. The predicted molar refractivity (Wildman–Crippen MR) is 57.3 cm³/mol. The zero-order valence-electron chi connectivity index (χ0n) is 7.91. The standard InChI is InChI=1S/C11H14ClNO/c12-8-5-4-7-2-1-3-10(14)11(13)9(7)6-8/h4-6,10-11,14H,1-3,13H2/t10-,11-/m0/s1. The molecule has 76 valence electrons. The maximum absolute atomic E-state index is 9.73. The molecule has 0 bridgehead atoms. The van der Waals surface area contributed by atoms with E-state index in [2.05, 4.69) is 0 Å². The first-order chi connectivity index (χ1) is 6.68. The van der Waals surface area contributed by atoms with Gasteiger partial charge in [0.1, 0.15) is 0 Å². The van der Waals surface area contributed by atoms with Crippen LogP contribution >= 0.6 is 11.6 Å². The van der Waals surface area contributed by atoms with Gasteiger partial charge in [0, 0.05) is 5.02 Å². The Bertz CT molecular complexity index is 340. The molecule has 0 heterocycles. The minimum atomic E-state index is -0.435. The number of benzene rings is 1. The Morgan fingerprint density at radius 3 is 3.00 bits per heavy atom. The highest BCUT2D eigenvalue weighted by molar-refractivity contribution is 6.30. The van der Waals surface area contributed by atoms with Crippen molar-refractivity contribution >= 4 is 11.6 Å². The SMILES string of the molecule is N[C@H]1c2cc(Cl)ccc2CCC[C@@H]1O. The summed E-state index contributed by atoms with van der Waals surface area (Å²) in [5.74, 6) is 0. The number of rotatable bonds is 0. The van der Waals surface area contributed by atoms with Gasteiger partial charge >= 0.3 is 0 Å². The quantitative estimate of drug-likeness (QED) is 0.646. The zero-order valence-corrected chi connectivity index (χ0v) is 8.67. The summed E-state index contributed by atoms with van der Waals surface area (Å²) in [6.45, 7) is 0. The van der Waals surface area contributed by atoms with Gasteiger partial charge in [-0.1, -0.05) is 17.7 Å². The number of fused-ring (bicyclic) bond motifs is 1. The highest BCUT2D eigenvalue weighted by Crippen LogP contribution is 2.29. The van der Waals surface area contributed by atoms with E-state index in [4.69, 9.17) is 17.3 Å². The average Bonchev–Trinajstić information content (AvgIpc) is 2.30. The van der Waals surface area contributed by atoms with E-state index in [9.17, 15) is 5.11 Å². The van der Waals surface area contributed by atoms with Gasteiger partial charge in [-0.25, -0.2) is 0 Å². The normalized spacial score (nSPS) is 26.8. The van der Waals surface area contributed by atoms with Gasteiger partial charge < -0.3 is 10.8 Å². The first kappa shape index (κ1) is 9.97. The third kappa shape index (κ3) is 1.78. The van der Waals surface area contributed by atoms with Crippen molar-refractivity contribution in [1.82, 2.24) is 0 Å². The number of aliphatic hydroxyl groups is 1. The van der Waals surface area contributed by atoms with E-state index >= 15 is 0 Å². The summed E-state index contributed by atoms with van der Waals surface area (Å²) in [6.07, 6.45) is 2.31. The predicted octanol–water partition coefficient (Wildman–Crippen LogP) is 2.04. The fourth-order valence-electron chi connectivity index (χ4n) is 1.99. The van der Waals surface area contributed by atoms with Gasteiger partial charge in [0.2, 0.25) is 0 Å². The molecular formula is C11H14ClNO. The summed E-state index contributed by atoms with van der Waals surface area (Å²) in [5.41, 5.74) is 8.17. The summed E-state index contributed by atoms with van der Waals surface area (Å²) in [4.78, 5) is 0. The first-order valence-corrected chi connectivity index (χ1v) is 5.28. The van der Waals surface area contributed by atoms with E-state index in [0.29, 0.717) is 5.02 Å². The zero-order chi connectivity index (χ0) is 10.1. The van der Waals surface area contributed by atoms with E-state index in [-0.39, 0.29) is 6.04 Å². The van der Waals surface area contributed by atoms with Crippen molar-refractivity contribution in [3.8, 4) is 0 Å². The molecule has 14 heavy (non-hydrogen) atoms. The van der Waals surface area contributed by atoms with E-state index in [1.807, 2.05) is 18.2 Å². The molecule has 2 nitrogen and oxygen atoms in total. The second-order valence-electron chi connectivity index (χ2n) is 3.83. The lowest BCUT2D eigenvalue weighted by Crippen LogP contribution is -2.25. The second-order valence-corrected chi connectivity index (χ2v) is 4.26. The van der Waals surface area contributed by atoms with E-state index in [1.165, 1.54) is 5.56 Å². The van der Waals surface area contributed by atoms with Crippen LogP contribution in [0.25, 0.3) is 0 Å². The molecule has 0 aliphatic heterocycles. The van der Waals surface area contributed by atoms with Crippen LogP contribution in [0.15, 0.2) is 18.2 Å². The third-order valence-electron chi connectivity index (χ3n) is 2.83. The van der Waals surface area contributed by atoms with Crippen molar-refractivity contribution in [3.05, 3.63) is 34.3 Å². The highest BCUT2D eigenvalue weighted by Gasteiger charge is 2.22. The van der Waals surface area contributed by atoms with Crippen LogP contribution in [0.5, 0.6) is 0 Å². The van der Waals surface area contributed by atoms with Crippen molar-refractivity contribution in [3.63, 3.8) is 0 Å². The Morgan fingerprint density at radius 1 is 1.43 bits per heavy atom. The summed E-state index contributed by atoms with van der Waals surface area (Å²) < 4.78 is 0. The molecule has 0 spiro atoms. The molecule has 1 aliphatic carbocycles. The van der Waals surface area contributed by atoms with Gasteiger partial charge in [0.05, 0.1) is 12.1 Å². The Kier molecular flexibility index (Phi) is 2.77. The number of hydrogen-bond acceptors (Lipinski definition) is 2. The van der Waals surface area contributed by atoms with Gasteiger partial charge in [-0.3, -0.25) is 0 Å². The smallest absolute Gasteiger partial charge is 0.0733 e. The van der Waals surface area contributed by atoms with Crippen molar-refractivity contribution < 1.29 is 5.11 Å². The molecule has 1 aliphatic rings. The molecule has 0 saturated carbocycles. The topological polar surface area (TPSA) is 46.2 Å². The Balaban J connectivity index is 2.44. The average molecular weight is 212 g/mol. The Hall–Kier alpha value is -0.570. The van der Waals surface area contributed by atoms with Crippen molar-refractivity contribution in [2.24, 2.45) is 5.73 Å². The minimum absolute atomic E-state index is 0.286. The Morgan fingerprint density at radius 2 is 2.21 bits per heavy atom. The fraction of sp³-hybridized carbons (Fsp3) is 0.455. The van der Waals surface area contributed by atoms with Gasteiger partial charge in [-0.05, 0) is 42.5 Å². The van der Waals surface area contributed by atoms with Crippen LogP contribution in [0.1, 0.15) is 30.0 Å². The van der Waals surface area contributed by atoms with Crippen LogP contribution in [0.2, 0.25) is 5.02 Å². The van der Waals surface area contributed by atoms with Crippen LogP contribution in [0.3, 0.4) is 0 Å². The Labute approximate surface area is 88.7 Å². The van der Waals surface area contributed by atoms with Gasteiger partial charge in [0.25, 0.3) is 0 Å². The third-order valence-corrected chi connectivity index (χ3v) is 3.06. The van der Waals surface area contributed by atoms with Crippen molar-refractivity contribution in [2.75, 3.05) is 0 Å². The van der Waals surface area contributed by atoms with Gasteiger partial charge in [-0.2, -0.15) is 0 Å². The molecule has 0 radical (unpaired) electrons. The molecule has 1 aromatic rings. The number of aryl methyl sites for hydroxylation is 1. The van der Waals surface area contributed by atoms with E-state index < -0.39 is 6.10 Å². The second kappa shape index (κ2) is 3.89. The van der Waals surface area contributed by atoms with Crippen molar-refractivity contribution in [2.45, 2.75) is 31.4 Å². The van der Waals surface area contributed by atoms with E-state index in [0.717, 1.165) is 24.8 Å². The maximum atomic E-state index is 9.73. The van der Waals surface area contributed by atoms with Gasteiger partial charge in [-0.15, -0.1) is 0 Å². The lowest BCUT2D eigenvalue weighted by Gasteiger charge is -2.17. The molecule has 0 unspecified atom stereocenters. The number of nitrogens with two attached hydrogens (primary N) is 1. The largest absolute Gasteiger partial charge is 0.391 e. The van der Waals surface area contributed by atoms with Crippen LogP contribution in [-0.2, 0) is 6.42 Å². The van der Waals surface area contributed by atoms with Crippen molar-refractivity contribution in [1.29, 1.82) is 0 Å². The molecule has 2 atom stereocenters.